The Morgan fingerprint density at radius 3 is 2.25 bits per heavy atom. The van der Waals surface area contributed by atoms with Crippen LogP contribution in [0.5, 0.6) is 0 Å². The van der Waals surface area contributed by atoms with Crippen molar-refractivity contribution in [3.05, 3.63) is 0 Å². The summed E-state index contributed by atoms with van der Waals surface area (Å²) >= 11 is 0. The van der Waals surface area contributed by atoms with Crippen molar-refractivity contribution in [3.63, 3.8) is 0 Å². The van der Waals surface area contributed by atoms with Gasteiger partial charge in [-0.3, -0.25) is 4.79 Å². The molecule has 0 bridgehead atoms. The van der Waals surface area contributed by atoms with Crippen molar-refractivity contribution in [2.45, 2.75) is 111 Å². The van der Waals surface area contributed by atoms with Gasteiger partial charge in [-0.1, -0.05) is 27.7 Å². The molecule has 9 atom stereocenters. The summed E-state index contributed by atoms with van der Waals surface area (Å²) in [5.41, 5.74) is 0.994. The molecular formula is C26H44O5S. The van der Waals surface area contributed by atoms with Crippen molar-refractivity contribution in [1.82, 2.24) is 0 Å². The zero-order valence-electron chi connectivity index (χ0n) is 20.5. The summed E-state index contributed by atoms with van der Waals surface area (Å²) in [6, 6.07) is 0. The van der Waals surface area contributed by atoms with E-state index in [9.17, 15) is 9.90 Å². The summed E-state index contributed by atoms with van der Waals surface area (Å²) in [6.07, 6.45) is 14.3. The normalized spacial score (nSPS) is 43.7. The molecular weight excluding hydrogens is 424 g/mol. The summed E-state index contributed by atoms with van der Waals surface area (Å²) in [6.45, 7) is 9.66. The summed E-state index contributed by atoms with van der Waals surface area (Å²) in [4.78, 5) is 11.9. The van der Waals surface area contributed by atoms with Crippen LogP contribution in [-0.4, -0.2) is 29.6 Å². The van der Waals surface area contributed by atoms with Crippen molar-refractivity contribution in [2.75, 3.05) is 0 Å². The molecule has 6 heteroatoms. The van der Waals surface area contributed by atoms with Gasteiger partial charge >= 0.3 is 10.6 Å². The Balaban J connectivity index is 0.000000668. The molecule has 4 aliphatic rings. The predicted octanol–water partition coefficient (Wildman–Crippen LogP) is 5.40. The average Bonchev–Trinajstić information content (AvgIpc) is 3.09. The highest BCUT2D eigenvalue weighted by Gasteiger charge is 2.60. The minimum absolute atomic E-state index is 0.0361. The lowest BCUT2D eigenvalue weighted by molar-refractivity contribution is -0.129. The van der Waals surface area contributed by atoms with E-state index in [1.54, 1.807) is 0 Å². The number of fused-ring (bicyclic) bond motifs is 5. The Kier molecular flexibility index (Phi) is 8.28. The fourth-order valence-corrected chi connectivity index (χ4v) is 8.98. The first kappa shape index (κ1) is 25.9. The van der Waals surface area contributed by atoms with E-state index in [0.717, 1.165) is 55.3 Å². The second-order valence-electron chi connectivity index (χ2n) is 11.9. The van der Waals surface area contributed by atoms with Crippen molar-refractivity contribution in [2.24, 2.45) is 46.3 Å². The first-order chi connectivity index (χ1) is 15.0. The summed E-state index contributed by atoms with van der Waals surface area (Å²) in [7, 11) is -3.11. The van der Waals surface area contributed by atoms with Gasteiger partial charge in [0.25, 0.3) is 0 Å². The fourth-order valence-electron chi connectivity index (χ4n) is 8.98. The molecule has 5 nitrogen and oxygen atoms in total. The first-order valence-electron chi connectivity index (χ1n) is 13.0. The van der Waals surface area contributed by atoms with Crippen molar-refractivity contribution >= 4 is 16.4 Å². The van der Waals surface area contributed by atoms with Crippen LogP contribution in [0.1, 0.15) is 105 Å². The number of ketones is 1. The maximum absolute atomic E-state index is 11.9. The first-order valence-corrected chi connectivity index (χ1v) is 14.0. The number of aliphatic hydroxyl groups excluding tert-OH is 1. The lowest BCUT2D eigenvalue weighted by Crippen LogP contribution is -2.54. The van der Waals surface area contributed by atoms with Gasteiger partial charge in [0.15, 0.2) is 0 Å². The molecule has 0 spiro atoms. The van der Waals surface area contributed by atoms with Crippen LogP contribution in [0.2, 0.25) is 0 Å². The van der Waals surface area contributed by atoms with E-state index < -0.39 is 10.6 Å². The Morgan fingerprint density at radius 1 is 0.969 bits per heavy atom. The third-order valence-corrected chi connectivity index (χ3v) is 10.7. The summed E-state index contributed by atoms with van der Waals surface area (Å²) in [5.74, 6) is 5.45. The Bertz CT molecular complexity index is 772. The summed E-state index contributed by atoms with van der Waals surface area (Å²) in [5, 5.41) is 10.2. The van der Waals surface area contributed by atoms with Gasteiger partial charge in [-0.25, -0.2) is 0 Å². The van der Waals surface area contributed by atoms with Gasteiger partial charge in [0.1, 0.15) is 5.78 Å². The molecule has 4 fully saturated rings. The highest BCUT2D eigenvalue weighted by molar-refractivity contribution is 7.59. The van der Waals surface area contributed by atoms with Crippen LogP contribution in [-0.2, 0) is 15.4 Å². The molecule has 4 aliphatic carbocycles. The Hall–Kier alpha value is -0.750. The monoisotopic (exact) mass is 468 g/mol. The van der Waals surface area contributed by atoms with Gasteiger partial charge in [0, 0.05) is 12.8 Å². The van der Waals surface area contributed by atoms with Crippen LogP contribution in [0.15, 0.2) is 0 Å². The number of carbonyl (C=O) groups excluding carboxylic acids is 1. The second kappa shape index (κ2) is 10.2. The van der Waals surface area contributed by atoms with Crippen LogP contribution in [0, 0.1) is 46.3 Å². The van der Waals surface area contributed by atoms with E-state index in [1.165, 1.54) is 44.9 Å². The smallest absolute Gasteiger partial charge is 0.393 e. The van der Waals surface area contributed by atoms with Gasteiger partial charge in [-0.2, -0.15) is 0 Å². The lowest BCUT2D eigenvalue weighted by Gasteiger charge is -2.61. The number of rotatable bonds is 5. The van der Waals surface area contributed by atoms with Gasteiger partial charge in [0.2, 0.25) is 0 Å². The van der Waals surface area contributed by atoms with Gasteiger partial charge < -0.3 is 5.11 Å². The van der Waals surface area contributed by atoms with Crippen molar-refractivity contribution in [1.29, 1.82) is 0 Å². The van der Waals surface area contributed by atoms with Crippen LogP contribution >= 0.6 is 0 Å². The van der Waals surface area contributed by atoms with E-state index in [4.69, 9.17) is 12.6 Å². The van der Waals surface area contributed by atoms with E-state index in [2.05, 4.69) is 20.8 Å². The maximum atomic E-state index is 11.9. The molecule has 0 radical (unpaired) electrons. The zero-order chi connectivity index (χ0) is 23.7. The van der Waals surface area contributed by atoms with Crippen LogP contribution in [0.25, 0.3) is 0 Å². The lowest BCUT2D eigenvalue weighted by atomic mass is 9.44. The highest BCUT2D eigenvalue weighted by Crippen LogP contribution is 2.68. The molecule has 0 amide bonds. The van der Waals surface area contributed by atoms with E-state index in [0.29, 0.717) is 29.0 Å². The van der Waals surface area contributed by atoms with E-state index in [1.807, 2.05) is 6.92 Å². The highest BCUT2D eigenvalue weighted by atomic mass is 32.2. The van der Waals surface area contributed by atoms with Crippen LogP contribution < -0.4 is 0 Å². The molecule has 0 aromatic rings. The number of aliphatic hydroxyl groups is 1. The second-order valence-corrected chi connectivity index (χ2v) is 12.3. The molecule has 4 saturated carbocycles. The molecule has 0 aliphatic heterocycles. The predicted molar refractivity (Wildman–Crippen MR) is 125 cm³/mol. The zero-order valence-corrected chi connectivity index (χ0v) is 21.3. The largest absolute Gasteiger partial charge is 0.425 e. The SMILES string of the molecule is CCC(=O)CC[C@@H](C)[C@H]1CC[C@H]2[C@@H]3CC[C@@H]4C[C@H](O)CC[C@]4(C)[C@H]3CC[C@]12C.O=S(=O)=O. The number of hydrogen-bond donors (Lipinski definition) is 1. The van der Waals surface area contributed by atoms with Crippen molar-refractivity contribution in [3.8, 4) is 0 Å². The number of hydrogen-bond acceptors (Lipinski definition) is 5. The molecule has 0 aromatic heterocycles. The van der Waals surface area contributed by atoms with Gasteiger partial charge in [-0.05, 0) is 111 Å². The molecule has 4 rings (SSSR count). The molecule has 0 heterocycles. The third kappa shape index (κ3) is 5.01. The minimum atomic E-state index is -3.11. The molecule has 0 saturated heterocycles. The minimum Gasteiger partial charge on any atom is -0.393 e. The quantitative estimate of drug-likeness (QED) is 0.584. The maximum Gasteiger partial charge on any atom is 0.425 e. The van der Waals surface area contributed by atoms with E-state index >= 15 is 0 Å². The molecule has 32 heavy (non-hydrogen) atoms. The Morgan fingerprint density at radius 2 is 1.59 bits per heavy atom. The van der Waals surface area contributed by atoms with Crippen LogP contribution in [0.4, 0.5) is 0 Å². The molecule has 0 unspecified atom stereocenters. The Labute approximate surface area is 196 Å². The van der Waals surface area contributed by atoms with Crippen LogP contribution in [0.3, 0.4) is 0 Å². The molecule has 0 aromatic carbocycles. The molecule has 184 valence electrons. The number of Topliss-reactive ketones (excluding diaryl/α,β-unsaturated/α-hetero) is 1. The van der Waals surface area contributed by atoms with Gasteiger partial charge in [-0.15, -0.1) is 12.6 Å². The molecule has 1 N–H and O–H groups in total. The fraction of sp³-hybridized carbons (Fsp3) is 0.962. The number of carbonyl (C=O) groups is 1. The summed E-state index contributed by atoms with van der Waals surface area (Å²) < 4.78 is 25.3. The third-order valence-electron chi connectivity index (χ3n) is 10.7. The van der Waals surface area contributed by atoms with E-state index in [-0.39, 0.29) is 6.10 Å². The average molecular weight is 469 g/mol. The standard InChI is InChI=1S/C26H44O2.O3S/c1-5-19(27)8-6-17(2)22-10-11-23-21-9-7-18-16-20(28)12-14-25(18,3)24(21)13-15-26(22,23)4;1-4(2)3/h17-18,20-24,28H,5-16H2,1-4H3;/t17-,18-,20-,21+,22-,23+,24+,25+,26-;/m1./s1. The van der Waals surface area contributed by atoms with Crippen molar-refractivity contribution < 1.29 is 22.5 Å². The van der Waals surface area contributed by atoms with Gasteiger partial charge in [0.05, 0.1) is 6.10 Å². The topological polar surface area (TPSA) is 88.5 Å².